The second kappa shape index (κ2) is 5.92. The van der Waals surface area contributed by atoms with Gasteiger partial charge in [-0.25, -0.2) is 8.42 Å². The van der Waals surface area contributed by atoms with Gasteiger partial charge in [-0.15, -0.1) is 11.3 Å². The summed E-state index contributed by atoms with van der Waals surface area (Å²) in [6, 6.07) is 0.331. The highest BCUT2D eigenvalue weighted by molar-refractivity contribution is 9.11. The van der Waals surface area contributed by atoms with E-state index in [1.54, 1.807) is 6.92 Å². The second-order valence-electron chi connectivity index (χ2n) is 4.71. The summed E-state index contributed by atoms with van der Waals surface area (Å²) in [5.41, 5.74) is 0. The van der Waals surface area contributed by atoms with Gasteiger partial charge in [-0.3, -0.25) is 4.79 Å². The predicted molar refractivity (Wildman–Crippen MR) is 80.7 cm³/mol. The number of aliphatic carboxylic acids is 1. The fourth-order valence-corrected chi connectivity index (χ4v) is 6.60. The summed E-state index contributed by atoms with van der Waals surface area (Å²) in [7, 11) is -3.83. The van der Waals surface area contributed by atoms with Crippen LogP contribution in [0.25, 0.3) is 0 Å². The van der Waals surface area contributed by atoms with E-state index in [0.29, 0.717) is 21.7 Å². The van der Waals surface area contributed by atoms with Crippen molar-refractivity contribution in [3.8, 4) is 0 Å². The van der Waals surface area contributed by atoms with Gasteiger partial charge in [0.15, 0.2) is 0 Å². The third-order valence-corrected chi connectivity index (χ3v) is 8.13. The Morgan fingerprint density at radius 1 is 1.60 bits per heavy atom. The van der Waals surface area contributed by atoms with Gasteiger partial charge in [-0.2, -0.15) is 4.31 Å². The minimum Gasteiger partial charge on any atom is -0.480 e. The molecule has 1 aliphatic heterocycles. The molecule has 1 aromatic heterocycles. The van der Waals surface area contributed by atoms with Gasteiger partial charge >= 0.3 is 5.97 Å². The van der Waals surface area contributed by atoms with Gasteiger partial charge in [0, 0.05) is 6.54 Å². The Kier molecular flexibility index (Phi) is 4.80. The van der Waals surface area contributed by atoms with E-state index in [2.05, 4.69) is 15.9 Å². The molecule has 0 radical (unpaired) electrons. The fraction of sp³-hybridized carbons (Fsp3) is 0.545. The number of hydrogen-bond acceptors (Lipinski definition) is 4. The first kappa shape index (κ1) is 16.2. The lowest BCUT2D eigenvalue weighted by Gasteiger charge is -2.35. The summed E-state index contributed by atoms with van der Waals surface area (Å²) in [5.74, 6) is -1.32. The van der Waals surface area contributed by atoms with Gasteiger partial charge < -0.3 is 5.11 Å². The monoisotopic (exact) mass is 401 g/mol. The number of carboxylic acids is 1. The van der Waals surface area contributed by atoms with Gasteiger partial charge in [-0.1, -0.05) is 18.5 Å². The molecule has 112 valence electrons. The average molecular weight is 403 g/mol. The molecule has 9 heteroatoms. The summed E-state index contributed by atoms with van der Waals surface area (Å²) in [4.78, 5) is 11.4. The molecule has 2 heterocycles. The largest absolute Gasteiger partial charge is 0.480 e. The molecule has 0 saturated carbocycles. The average Bonchev–Trinajstić information content (AvgIpc) is 2.69. The van der Waals surface area contributed by atoms with E-state index in [-0.39, 0.29) is 16.7 Å². The lowest BCUT2D eigenvalue weighted by atomic mass is 9.93. The molecule has 20 heavy (non-hydrogen) atoms. The third kappa shape index (κ3) is 2.89. The second-order valence-corrected chi connectivity index (χ2v) is 9.60. The van der Waals surface area contributed by atoms with Crippen molar-refractivity contribution < 1.29 is 18.3 Å². The number of halogens is 2. The van der Waals surface area contributed by atoms with E-state index in [1.807, 2.05) is 0 Å². The number of rotatable bonds is 3. The zero-order valence-corrected chi connectivity index (χ0v) is 14.5. The highest BCUT2D eigenvalue weighted by atomic mass is 79.9. The quantitative estimate of drug-likeness (QED) is 0.843. The van der Waals surface area contributed by atoms with Crippen LogP contribution in [0.5, 0.6) is 0 Å². The maximum atomic E-state index is 12.6. The Bertz CT molecular complexity index is 611. The zero-order chi connectivity index (χ0) is 15.1. The van der Waals surface area contributed by atoms with Crippen LogP contribution in [-0.4, -0.2) is 36.4 Å². The van der Waals surface area contributed by atoms with E-state index in [9.17, 15) is 18.3 Å². The summed E-state index contributed by atoms with van der Waals surface area (Å²) in [6.07, 6.45) is 1.36. The number of carbonyl (C=O) groups is 1. The molecule has 2 atom stereocenters. The smallest absolute Gasteiger partial charge is 0.322 e. The van der Waals surface area contributed by atoms with Crippen LogP contribution in [0.15, 0.2) is 14.1 Å². The van der Waals surface area contributed by atoms with Crippen LogP contribution < -0.4 is 0 Å². The minimum atomic E-state index is -3.83. The standard InChI is InChI=1S/C11H13BrClNO4S2/c1-6-3-2-4-14(9(6)11(15)16)20(17,18)8-5-7(13)10(12)19-8/h5-6,9H,2-4H2,1H3,(H,15,16). The summed E-state index contributed by atoms with van der Waals surface area (Å²) in [6.45, 7) is 1.98. The first-order valence-corrected chi connectivity index (χ1v) is 9.37. The highest BCUT2D eigenvalue weighted by Gasteiger charge is 2.42. The molecule has 5 nitrogen and oxygen atoms in total. The highest BCUT2D eigenvalue weighted by Crippen LogP contribution is 2.38. The summed E-state index contributed by atoms with van der Waals surface area (Å²) >= 11 is 10.0. The van der Waals surface area contributed by atoms with Crippen LogP contribution in [0, 0.1) is 5.92 Å². The molecular weight excluding hydrogens is 390 g/mol. The van der Waals surface area contributed by atoms with E-state index in [1.165, 1.54) is 6.07 Å². The number of piperidine rings is 1. The molecule has 0 aromatic carbocycles. The van der Waals surface area contributed by atoms with Crippen LogP contribution in [0.1, 0.15) is 19.8 Å². The molecule has 1 aromatic rings. The Labute approximate surface area is 134 Å². The van der Waals surface area contributed by atoms with E-state index >= 15 is 0 Å². The van der Waals surface area contributed by atoms with Gasteiger partial charge in [-0.05, 0) is 40.8 Å². The summed E-state index contributed by atoms with van der Waals surface area (Å²) in [5, 5.41) is 9.62. The molecule has 0 aliphatic carbocycles. The maximum absolute atomic E-state index is 12.6. The Balaban J connectivity index is 2.43. The van der Waals surface area contributed by atoms with E-state index in [0.717, 1.165) is 15.6 Å². The molecule has 1 fully saturated rings. The molecule has 1 N–H and O–H groups in total. The van der Waals surface area contributed by atoms with Gasteiger partial charge in [0.1, 0.15) is 10.3 Å². The molecule has 2 unspecified atom stereocenters. The number of hydrogen-bond donors (Lipinski definition) is 1. The molecule has 1 aliphatic rings. The van der Waals surface area contributed by atoms with Crippen molar-refractivity contribution >= 4 is 54.9 Å². The van der Waals surface area contributed by atoms with Crippen LogP contribution in [0.3, 0.4) is 0 Å². The maximum Gasteiger partial charge on any atom is 0.322 e. The summed E-state index contributed by atoms with van der Waals surface area (Å²) < 4.78 is 26.9. The van der Waals surface area contributed by atoms with E-state index in [4.69, 9.17) is 11.6 Å². The molecular formula is C11H13BrClNO4S2. The van der Waals surface area contributed by atoms with E-state index < -0.39 is 22.0 Å². The van der Waals surface area contributed by atoms with Crippen molar-refractivity contribution in [2.45, 2.75) is 30.0 Å². The van der Waals surface area contributed by atoms with Crippen molar-refractivity contribution in [3.05, 3.63) is 14.9 Å². The fourth-order valence-electron chi connectivity index (χ4n) is 2.36. The molecule has 0 bridgehead atoms. The Morgan fingerprint density at radius 2 is 2.25 bits per heavy atom. The van der Waals surface area contributed by atoms with Crippen LogP contribution >= 0.6 is 38.9 Å². The van der Waals surface area contributed by atoms with Crippen molar-refractivity contribution in [1.82, 2.24) is 4.31 Å². The predicted octanol–water partition coefficient (Wildman–Crippen LogP) is 3.04. The van der Waals surface area contributed by atoms with Crippen molar-refractivity contribution in [3.63, 3.8) is 0 Å². The SMILES string of the molecule is CC1CCCN(S(=O)(=O)c2cc(Cl)c(Br)s2)C1C(=O)O. The van der Waals surface area contributed by atoms with Crippen molar-refractivity contribution in [2.24, 2.45) is 5.92 Å². The number of carboxylic acid groups (broad SMARTS) is 1. The topological polar surface area (TPSA) is 74.7 Å². The van der Waals surface area contributed by atoms with Crippen molar-refractivity contribution in [1.29, 1.82) is 0 Å². The van der Waals surface area contributed by atoms with Crippen molar-refractivity contribution in [2.75, 3.05) is 6.54 Å². The minimum absolute atomic E-state index is 0.0646. The Hall–Kier alpha value is -0.150. The molecule has 1 saturated heterocycles. The van der Waals surface area contributed by atoms with Gasteiger partial charge in [0.2, 0.25) is 0 Å². The van der Waals surface area contributed by atoms with Gasteiger partial charge in [0.25, 0.3) is 10.0 Å². The third-order valence-electron chi connectivity index (χ3n) is 3.33. The molecule has 0 amide bonds. The number of sulfonamides is 1. The van der Waals surface area contributed by atoms with Crippen LogP contribution in [-0.2, 0) is 14.8 Å². The first-order chi connectivity index (χ1) is 9.25. The zero-order valence-electron chi connectivity index (χ0n) is 10.5. The Morgan fingerprint density at radius 3 is 2.75 bits per heavy atom. The number of thiophene rings is 1. The lowest BCUT2D eigenvalue weighted by Crippen LogP contribution is -2.51. The lowest BCUT2D eigenvalue weighted by molar-refractivity contribution is -0.144. The van der Waals surface area contributed by atoms with Gasteiger partial charge in [0.05, 0.1) is 8.81 Å². The van der Waals surface area contributed by atoms with Crippen LogP contribution in [0.2, 0.25) is 5.02 Å². The normalized spacial score (nSPS) is 24.8. The van der Waals surface area contributed by atoms with Crippen LogP contribution in [0.4, 0.5) is 0 Å². The first-order valence-electron chi connectivity index (χ1n) is 5.94. The molecule has 2 rings (SSSR count). The number of nitrogens with zero attached hydrogens (tertiary/aromatic N) is 1. The molecule has 0 spiro atoms.